The molecule has 0 radical (unpaired) electrons. The Bertz CT molecular complexity index is 186. The van der Waals surface area contributed by atoms with E-state index in [0.29, 0.717) is 0 Å². The summed E-state index contributed by atoms with van der Waals surface area (Å²) in [5.41, 5.74) is 0. The van der Waals surface area contributed by atoms with Gasteiger partial charge in [-0.2, -0.15) is 0 Å². The van der Waals surface area contributed by atoms with Crippen LogP contribution < -0.4 is 0 Å². The summed E-state index contributed by atoms with van der Waals surface area (Å²) in [4.78, 5) is 10.7. The Morgan fingerprint density at radius 3 is 2.58 bits per heavy atom. The monoisotopic (exact) mass is 168 g/mol. The normalized spacial score (nSPS) is 17.9. The van der Waals surface area contributed by atoms with E-state index in [1.165, 1.54) is 6.42 Å². The lowest BCUT2D eigenvalue weighted by Gasteiger charge is -2.20. The molecule has 0 saturated heterocycles. The van der Waals surface area contributed by atoms with E-state index >= 15 is 0 Å². The van der Waals surface area contributed by atoms with Gasteiger partial charge < -0.3 is 9.47 Å². The molecule has 0 N–H and O–H groups in total. The van der Waals surface area contributed by atoms with Crippen molar-refractivity contribution in [2.45, 2.75) is 38.2 Å². The average molecular weight is 168 g/mol. The van der Waals surface area contributed by atoms with Crippen molar-refractivity contribution in [2.24, 2.45) is 0 Å². The number of rotatable bonds is 1. The van der Waals surface area contributed by atoms with Crippen molar-refractivity contribution < 1.29 is 14.3 Å². The highest BCUT2D eigenvalue weighted by Crippen LogP contribution is 2.20. The SMILES string of the molecule is C#COC(=O)OC1CCCCC1. The van der Waals surface area contributed by atoms with Crippen molar-refractivity contribution in [2.75, 3.05) is 0 Å². The zero-order valence-corrected chi connectivity index (χ0v) is 6.91. The smallest absolute Gasteiger partial charge is 0.430 e. The summed E-state index contributed by atoms with van der Waals surface area (Å²) in [5, 5.41) is 0. The molecule has 1 rings (SSSR count). The molecule has 1 aliphatic rings. The maximum Gasteiger partial charge on any atom is 0.522 e. The highest BCUT2D eigenvalue weighted by Gasteiger charge is 2.17. The maximum absolute atomic E-state index is 10.7. The number of ether oxygens (including phenoxy) is 2. The number of carbonyl (C=O) groups is 1. The highest BCUT2D eigenvalue weighted by molar-refractivity contribution is 5.61. The van der Waals surface area contributed by atoms with Crippen LogP contribution >= 0.6 is 0 Å². The van der Waals surface area contributed by atoms with E-state index in [4.69, 9.17) is 11.2 Å². The zero-order chi connectivity index (χ0) is 8.81. The second kappa shape index (κ2) is 4.66. The van der Waals surface area contributed by atoms with Crippen LogP contribution in [0.2, 0.25) is 0 Å². The number of hydrogen-bond donors (Lipinski definition) is 0. The lowest BCUT2D eigenvalue weighted by atomic mass is 9.98. The predicted octanol–water partition coefficient (Wildman–Crippen LogP) is 2.06. The van der Waals surface area contributed by atoms with E-state index in [9.17, 15) is 4.79 Å². The first-order valence-electron chi connectivity index (χ1n) is 4.16. The van der Waals surface area contributed by atoms with Gasteiger partial charge in [0, 0.05) is 0 Å². The van der Waals surface area contributed by atoms with E-state index < -0.39 is 6.16 Å². The minimum absolute atomic E-state index is 0.0135. The van der Waals surface area contributed by atoms with E-state index in [1.54, 1.807) is 6.11 Å². The summed E-state index contributed by atoms with van der Waals surface area (Å²) in [7, 11) is 0. The van der Waals surface area contributed by atoms with Gasteiger partial charge >= 0.3 is 6.16 Å². The van der Waals surface area contributed by atoms with Gasteiger partial charge in [-0.25, -0.2) is 4.79 Å². The molecule has 0 bridgehead atoms. The van der Waals surface area contributed by atoms with Gasteiger partial charge in [0.15, 0.2) is 0 Å². The molecule has 0 spiro atoms. The van der Waals surface area contributed by atoms with Crippen molar-refractivity contribution in [1.29, 1.82) is 0 Å². The summed E-state index contributed by atoms with van der Waals surface area (Å²) < 4.78 is 9.14. The summed E-state index contributed by atoms with van der Waals surface area (Å²) in [6.45, 7) is 0. The number of hydrogen-bond acceptors (Lipinski definition) is 3. The third-order valence-corrected chi connectivity index (χ3v) is 1.96. The predicted molar refractivity (Wildman–Crippen MR) is 43.3 cm³/mol. The molecule has 0 aromatic rings. The quantitative estimate of drug-likeness (QED) is 0.444. The fourth-order valence-electron chi connectivity index (χ4n) is 1.39. The van der Waals surface area contributed by atoms with Gasteiger partial charge in [0.25, 0.3) is 0 Å². The molecule has 1 aliphatic carbocycles. The number of carbonyl (C=O) groups excluding carboxylic acids is 1. The molecule has 0 aromatic heterocycles. The van der Waals surface area contributed by atoms with Crippen LogP contribution in [0, 0.1) is 12.5 Å². The first-order valence-corrected chi connectivity index (χ1v) is 4.16. The topological polar surface area (TPSA) is 35.5 Å². The second-order valence-electron chi connectivity index (χ2n) is 2.85. The van der Waals surface area contributed by atoms with E-state index in [2.05, 4.69) is 4.74 Å². The van der Waals surface area contributed by atoms with Crippen molar-refractivity contribution in [3.63, 3.8) is 0 Å². The van der Waals surface area contributed by atoms with Crippen molar-refractivity contribution in [1.82, 2.24) is 0 Å². The average Bonchev–Trinajstić information content (AvgIpc) is 2.06. The molecular formula is C9H12O3. The summed E-state index contributed by atoms with van der Waals surface area (Å²) in [6.07, 6.45) is 11.1. The lowest BCUT2D eigenvalue weighted by molar-refractivity contribution is 0.0353. The van der Waals surface area contributed by atoms with Crippen LogP contribution in [-0.2, 0) is 9.47 Å². The molecule has 3 nitrogen and oxygen atoms in total. The van der Waals surface area contributed by atoms with Gasteiger partial charge in [0.2, 0.25) is 0 Å². The summed E-state index contributed by atoms with van der Waals surface area (Å²) in [5.74, 6) is 0. The fourth-order valence-corrected chi connectivity index (χ4v) is 1.39. The van der Waals surface area contributed by atoms with Gasteiger partial charge in [-0.1, -0.05) is 12.8 Å². The second-order valence-corrected chi connectivity index (χ2v) is 2.85. The molecule has 3 heteroatoms. The van der Waals surface area contributed by atoms with Gasteiger partial charge in [-0.05, 0) is 25.7 Å². The minimum Gasteiger partial charge on any atom is -0.430 e. The molecule has 0 amide bonds. The highest BCUT2D eigenvalue weighted by atomic mass is 16.7. The van der Waals surface area contributed by atoms with Crippen LogP contribution in [0.5, 0.6) is 0 Å². The Labute approximate surface area is 72.0 Å². The van der Waals surface area contributed by atoms with Gasteiger partial charge in [-0.3, -0.25) is 0 Å². The van der Waals surface area contributed by atoms with Crippen LogP contribution in [0.15, 0.2) is 0 Å². The van der Waals surface area contributed by atoms with Crippen molar-refractivity contribution in [3.05, 3.63) is 0 Å². The summed E-state index contributed by atoms with van der Waals surface area (Å²) >= 11 is 0. The molecule has 1 saturated carbocycles. The Kier molecular flexibility index (Phi) is 3.46. The Hall–Kier alpha value is -1.17. The van der Waals surface area contributed by atoms with E-state index in [1.807, 2.05) is 0 Å². The van der Waals surface area contributed by atoms with Crippen LogP contribution in [0.4, 0.5) is 4.79 Å². The molecule has 66 valence electrons. The molecule has 0 heterocycles. The third kappa shape index (κ3) is 2.83. The standard InChI is InChI=1S/C9H12O3/c1-2-11-9(10)12-8-6-4-3-5-7-8/h1,8H,3-7H2. The first-order chi connectivity index (χ1) is 5.83. The summed E-state index contributed by atoms with van der Waals surface area (Å²) in [6, 6.07) is 0. The Balaban J connectivity index is 2.21. The van der Waals surface area contributed by atoms with Crippen molar-refractivity contribution >= 4 is 6.16 Å². The van der Waals surface area contributed by atoms with Crippen LogP contribution in [0.1, 0.15) is 32.1 Å². The number of terminal acetylenes is 1. The molecule has 12 heavy (non-hydrogen) atoms. The van der Waals surface area contributed by atoms with Gasteiger partial charge in [0.1, 0.15) is 12.2 Å². The Morgan fingerprint density at radius 2 is 2.00 bits per heavy atom. The first kappa shape index (κ1) is 8.92. The largest absolute Gasteiger partial charge is 0.522 e. The van der Waals surface area contributed by atoms with Crippen LogP contribution in [-0.4, -0.2) is 12.3 Å². The molecule has 0 aliphatic heterocycles. The fraction of sp³-hybridized carbons (Fsp3) is 0.667. The van der Waals surface area contributed by atoms with Crippen molar-refractivity contribution in [3.8, 4) is 12.5 Å². The molecule has 0 aromatic carbocycles. The molecular weight excluding hydrogens is 156 g/mol. The minimum atomic E-state index is -0.746. The van der Waals surface area contributed by atoms with E-state index in [0.717, 1.165) is 25.7 Å². The van der Waals surface area contributed by atoms with Gasteiger partial charge in [-0.15, -0.1) is 0 Å². The lowest BCUT2D eigenvalue weighted by Crippen LogP contribution is -2.20. The Morgan fingerprint density at radius 1 is 1.33 bits per heavy atom. The van der Waals surface area contributed by atoms with Gasteiger partial charge in [0.05, 0.1) is 0 Å². The van der Waals surface area contributed by atoms with Crippen LogP contribution in [0.25, 0.3) is 0 Å². The maximum atomic E-state index is 10.7. The van der Waals surface area contributed by atoms with E-state index in [-0.39, 0.29) is 6.10 Å². The molecule has 1 fully saturated rings. The zero-order valence-electron chi connectivity index (χ0n) is 6.91. The van der Waals surface area contributed by atoms with Crippen LogP contribution in [0.3, 0.4) is 0 Å². The third-order valence-electron chi connectivity index (χ3n) is 1.96. The molecule has 0 unspecified atom stereocenters. The molecule has 0 atom stereocenters.